The molecule has 0 aromatic carbocycles. The Hall–Kier alpha value is -0.290. The maximum absolute atomic E-state index is 11.6. The molecule has 9 heavy (non-hydrogen) atoms. The monoisotopic (exact) mass is 170 g/mol. The molecule has 0 saturated carbocycles. The fraction of sp³-hybridized carbons (Fsp3) is 0.333. The first-order chi connectivity index (χ1) is 4.20. The molecule has 1 aromatic heterocycles. The highest BCUT2D eigenvalue weighted by atomic mass is 35.5. The lowest BCUT2D eigenvalue weighted by Crippen LogP contribution is -1.84. The van der Waals surface area contributed by atoms with Crippen molar-refractivity contribution < 1.29 is 8.78 Å². The highest BCUT2D eigenvalue weighted by molar-refractivity contribution is 7.10. The average molecular weight is 171 g/mol. The molecular formula is C3HClF2N2S. The van der Waals surface area contributed by atoms with Crippen LogP contribution >= 0.6 is 23.1 Å². The van der Waals surface area contributed by atoms with Crippen LogP contribution in [0.2, 0.25) is 4.47 Å². The third-order valence-corrected chi connectivity index (χ3v) is 1.42. The van der Waals surface area contributed by atoms with E-state index in [2.05, 4.69) is 9.36 Å². The van der Waals surface area contributed by atoms with E-state index < -0.39 is 12.2 Å². The summed E-state index contributed by atoms with van der Waals surface area (Å²) in [4.78, 5) is 3.23. The SMILES string of the molecule is FC(F)c1nsc(Cl)n1. The molecule has 6 heteroatoms. The number of nitrogens with zero attached hydrogens (tertiary/aromatic N) is 2. The van der Waals surface area contributed by atoms with Gasteiger partial charge in [0.05, 0.1) is 0 Å². The number of aromatic nitrogens is 2. The van der Waals surface area contributed by atoms with E-state index >= 15 is 0 Å². The molecule has 0 N–H and O–H groups in total. The van der Waals surface area contributed by atoms with Crippen molar-refractivity contribution in [2.24, 2.45) is 0 Å². The summed E-state index contributed by atoms with van der Waals surface area (Å²) < 4.78 is 26.5. The number of hydrogen-bond acceptors (Lipinski definition) is 3. The molecule has 2 nitrogen and oxygen atoms in total. The molecule has 0 aliphatic carbocycles. The number of alkyl halides is 2. The van der Waals surface area contributed by atoms with Crippen LogP contribution in [0.3, 0.4) is 0 Å². The lowest BCUT2D eigenvalue weighted by molar-refractivity contribution is 0.142. The molecule has 0 aliphatic rings. The molecular weight excluding hydrogens is 170 g/mol. The van der Waals surface area contributed by atoms with Gasteiger partial charge in [0.15, 0.2) is 0 Å². The topological polar surface area (TPSA) is 25.8 Å². The minimum absolute atomic E-state index is 0.0466. The highest BCUT2D eigenvalue weighted by Gasteiger charge is 2.12. The van der Waals surface area contributed by atoms with Crippen LogP contribution in [0, 0.1) is 0 Å². The Labute approximate surface area is 58.7 Å². The summed E-state index contributed by atoms with van der Waals surface area (Å²) >= 11 is 5.97. The van der Waals surface area contributed by atoms with E-state index in [1.807, 2.05) is 0 Å². The molecule has 0 unspecified atom stereocenters. The van der Waals surface area contributed by atoms with Crippen LogP contribution in [0.5, 0.6) is 0 Å². The fourth-order valence-corrected chi connectivity index (χ4v) is 0.918. The van der Waals surface area contributed by atoms with Crippen molar-refractivity contribution in [2.75, 3.05) is 0 Å². The van der Waals surface area contributed by atoms with Gasteiger partial charge in [0, 0.05) is 0 Å². The van der Waals surface area contributed by atoms with E-state index in [-0.39, 0.29) is 4.47 Å². The highest BCUT2D eigenvalue weighted by Crippen LogP contribution is 2.19. The molecule has 0 atom stereocenters. The molecule has 1 aromatic rings. The molecule has 50 valence electrons. The van der Waals surface area contributed by atoms with E-state index in [1.165, 1.54) is 0 Å². The number of rotatable bonds is 1. The van der Waals surface area contributed by atoms with Gasteiger partial charge < -0.3 is 0 Å². The van der Waals surface area contributed by atoms with E-state index in [4.69, 9.17) is 11.6 Å². The molecule has 0 bridgehead atoms. The Morgan fingerprint density at radius 3 is 2.44 bits per heavy atom. The second-order valence-electron chi connectivity index (χ2n) is 1.21. The minimum atomic E-state index is -2.62. The second kappa shape index (κ2) is 2.53. The third kappa shape index (κ3) is 1.56. The van der Waals surface area contributed by atoms with Crippen LogP contribution in [-0.4, -0.2) is 9.36 Å². The van der Waals surface area contributed by atoms with Gasteiger partial charge in [-0.05, 0) is 23.1 Å². The largest absolute Gasteiger partial charge is 0.298 e. The summed E-state index contributed by atoms with van der Waals surface area (Å²) in [6.07, 6.45) is -2.62. The zero-order valence-electron chi connectivity index (χ0n) is 4.01. The zero-order valence-corrected chi connectivity index (χ0v) is 5.59. The van der Waals surface area contributed by atoms with Gasteiger partial charge in [0.2, 0.25) is 10.3 Å². The van der Waals surface area contributed by atoms with Gasteiger partial charge in [0.1, 0.15) is 0 Å². The molecule has 1 heterocycles. The van der Waals surface area contributed by atoms with Crippen LogP contribution in [0.25, 0.3) is 0 Å². The second-order valence-corrected chi connectivity index (χ2v) is 2.54. The van der Waals surface area contributed by atoms with Crippen LogP contribution in [-0.2, 0) is 0 Å². The molecule has 0 fully saturated rings. The Morgan fingerprint density at radius 1 is 1.56 bits per heavy atom. The van der Waals surface area contributed by atoms with Crippen molar-refractivity contribution in [2.45, 2.75) is 6.43 Å². The van der Waals surface area contributed by atoms with Gasteiger partial charge in [-0.2, -0.15) is 4.37 Å². The predicted molar refractivity (Wildman–Crippen MR) is 29.9 cm³/mol. The lowest BCUT2D eigenvalue weighted by Gasteiger charge is -1.84. The van der Waals surface area contributed by atoms with Crippen LogP contribution < -0.4 is 0 Å². The first-order valence-corrected chi connectivity index (χ1v) is 3.12. The molecule has 0 saturated heterocycles. The summed E-state index contributed by atoms with van der Waals surface area (Å²) in [5, 5.41) is 0. The Kier molecular flexibility index (Phi) is 1.92. The van der Waals surface area contributed by atoms with Gasteiger partial charge in [-0.3, -0.25) is 0 Å². The third-order valence-electron chi connectivity index (χ3n) is 0.612. The van der Waals surface area contributed by atoms with E-state index in [0.29, 0.717) is 0 Å². The van der Waals surface area contributed by atoms with Gasteiger partial charge in [-0.25, -0.2) is 13.8 Å². The maximum atomic E-state index is 11.6. The number of hydrogen-bond donors (Lipinski definition) is 0. The van der Waals surface area contributed by atoms with Crippen molar-refractivity contribution in [1.82, 2.24) is 9.36 Å². The van der Waals surface area contributed by atoms with Crippen LogP contribution in [0.15, 0.2) is 0 Å². The summed E-state index contributed by atoms with van der Waals surface area (Å²) in [6.45, 7) is 0. The van der Waals surface area contributed by atoms with Crippen molar-refractivity contribution in [3.8, 4) is 0 Å². The van der Waals surface area contributed by atoms with Gasteiger partial charge >= 0.3 is 0 Å². The first-order valence-electron chi connectivity index (χ1n) is 1.97. The number of halogens is 3. The van der Waals surface area contributed by atoms with Crippen molar-refractivity contribution in [1.29, 1.82) is 0 Å². The fourth-order valence-electron chi connectivity index (χ4n) is 0.304. The molecule has 0 spiro atoms. The molecule has 0 amide bonds. The minimum Gasteiger partial charge on any atom is -0.202 e. The normalized spacial score (nSPS) is 10.7. The Morgan fingerprint density at radius 2 is 2.22 bits per heavy atom. The van der Waals surface area contributed by atoms with E-state index in [9.17, 15) is 8.78 Å². The molecule has 1 rings (SSSR count). The summed E-state index contributed by atoms with van der Waals surface area (Å²) in [5.74, 6) is -0.495. The Bertz CT molecular complexity index is 201. The molecule has 0 radical (unpaired) electrons. The lowest BCUT2D eigenvalue weighted by atomic mass is 10.7. The zero-order chi connectivity index (χ0) is 6.85. The summed E-state index contributed by atoms with van der Waals surface area (Å²) in [5.41, 5.74) is 0. The standard InChI is InChI=1S/C3HClF2N2S/c4-3-7-2(1(5)6)8-9-3/h1H. The van der Waals surface area contributed by atoms with E-state index in [1.54, 1.807) is 0 Å². The maximum Gasteiger partial charge on any atom is 0.298 e. The van der Waals surface area contributed by atoms with Crippen LogP contribution in [0.1, 0.15) is 12.2 Å². The van der Waals surface area contributed by atoms with Crippen LogP contribution in [0.4, 0.5) is 8.78 Å². The Balaban J connectivity index is 2.85. The first kappa shape index (κ1) is 6.82. The predicted octanol–water partition coefficient (Wildman–Crippen LogP) is 2.13. The van der Waals surface area contributed by atoms with Gasteiger partial charge in [-0.15, -0.1) is 0 Å². The van der Waals surface area contributed by atoms with Gasteiger partial charge in [-0.1, -0.05) is 0 Å². The average Bonchev–Trinajstić information content (AvgIpc) is 2.14. The molecule has 0 aliphatic heterocycles. The summed E-state index contributed by atoms with van der Waals surface area (Å²) in [7, 11) is 0. The van der Waals surface area contributed by atoms with Crippen molar-refractivity contribution in [3.63, 3.8) is 0 Å². The quantitative estimate of drug-likeness (QED) is 0.645. The smallest absolute Gasteiger partial charge is 0.202 e. The summed E-state index contributed by atoms with van der Waals surface area (Å²) in [6, 6.07) is 0. The van der Waals surface area contributed by atoms with Crippen molar-refractivity contribution in [3.05, 3.63) is 10.3 Å². The van der Waals surface area contributed by atoms with Gasteiger partial charge in [0.25, 0.3) is 6.43 Å². The van der Waals surface area contributed by atoms with E-state index in [0.717, 1.165) is 11.5 Å². The van der Waals surface area contributed by atoms with Crippen molar-refractivity contribution >= 4 is 23.1 Å².